The number of benzene rings is 3. The standard InChI is InChI=1S/C22H14ClFN2O/c23-16-10-12-17(13-11-16)26-21(14-9-15-5-1-3-7-19(15)24)25-20-8-4-2-6-18(20)22(26)27/h1-14H/b14-9-. The number of fused-ring (bicyclic) bond motifs is 1. The smallest absolute Gasteiger partial charge is 0.266 e. The van der Waals surface area contributed by atoms with Gasteiger partial charge in [-0.05, 0) is 54.6 Å². The summed E-state index contributed by atoms with van der Waals surface area (Å²) in [4.78, 5) is 17.7. The van der Waals surface area contributed by atoms with E-state index in [1.54, 1.807) is 72.8 Å². The lowest BCUT2D eigenvalue weighted by Crippen LogP contribution is -2.22. The maximum atomic E-state index is 13.9. The molecular formula is C22H14ClFN2O. The summed E-state index contributed by atoms with van der Waals surface area (Å²) in [7, 11) is 0. The molecule has 0 radical (unpaired) electrons. The van der Waals surface area contributed by atoms with E-state index < -0.39 is 0 Å². The van der Waals surface area contributed by atoms with Gasteiger partial charge >= 0.3 is 0 Å². The van der Waals surface area contributed by atoms with Crippen LogP contribution in [-0.2, 0) is 0 Å². The molecule has 0 amide bonds. The molecule has 5 heteroatoms. The van der Waals surface area contributed by atoms with Crippen molar-refractivity contribution in [2.24, 2.45) is 0 Å². The second-order valence-corrected chi connectivity index (χ2v) is 6.40. The fraction of sp³-hybridized carbons (Fsp3) is 0. The lowest BCUT2D eigenvalue weighted by molar-refractivity contribution is 0.625. The van der Waals surface area contributed by atoms with Gasteiger partial charge in [0.05, 0.1) is 16.6 Å². The predicted octanol–water partition coefficient (Wildman–Crippen LogP) is 5.35. The van der Waals surface area contributed by atoms with E-state index in [0.717, 1.165) is 0 Å². The Bertz CT molecular complexity index is 1210. The highest BCUT2D eigenvalue weighted by molar-refractivity contribution is 6.30. The molecule has 0 atom stereocenters. The van der Waals surface area contributed by atoms with Crippen molar-refractivity contribution in [1.29, 1.82) is 0 Å². The molecule has 27 heavy (non-hydrogen) atoms. The van der Waals surface area contributed by atoms with Crippen molar-refractivity contribution in [3.05, 3.63) is 105 Å². The largest absolute Gasteiger partial charge is 0.268 e. The number of aromatic nitrogens is 2. The number of halogens is 2. The first-order valence-electron chi connectivity index (χ1n) is 8.34. The van der Waals surface area contributed by atoms with Crippen LogP contribution in [0.3, 0.4) is 0 Å². The van der Waals surface area contributed by atoms with Gasteiger partial charge in [0, 0.05) is 10.6 Å². The van der Waals surface area contributed by atoms with Gasteiger partial charge in [0.2, 0.25) is 0 Å². The summed E-state index contributed by atoms with van der Waals surface area (Å²) in [5.74, 6) is 0.0687. The van der Waals surface area contributed by atoms with Crippen LogP contribution in [0.1, 0.15) is 11.4 Å². The Labute approximate surface area is 160 Å². The van der Waals surface area contributed by atoms with Crippen LogP contribution in [0, 0.1) is 5.82 Å². The molecule has 1 aromatic heterocycles. The normalized spacial score (nSPS) is 11.3. The molecule has 0 unspecified atom stereocenters. The Morgan fingerprint density at radius 1 is 0.889 bits per heavy atom. The van der Waals surface area contributed by atoms with Crippen molar-refractivity contribution in [2.45, 2.75) is 0 Å². The minimum atomic E-state index is -0.338. The van der Waals surface area contributed by atoms with Crippen LogP contribution in [0.5, 0.6) is 0 Å². The lowest BCUT2D eigenvalue weighted by Gasteiger charge is -2.11. The van der Waals surface area contributed by atoms with Crippen molar-refractivity contribution >= 4 is 34.7 Å². The first-order valence-corrected chi connectivity index (χ1v) is 8.71. The van der Waals surface area contributed by atoms with E-state index >= 15 is 0 Å². The molecule has 0 aliphatic heterocycles. The lowest BCUT2D eigenvalue weighted by atomic mass is 10.2. The van der Waals surface area contributed by atoms with E-state index in [-0.39, 0.29) is 11.4 Å². The van der Waals surface area contributed by atoms with E-state index in [0.29, 0.717) is 33.0 Å². The molecule has 0 saturated heterocycles. The predicted molar refractivity (Wildman–Crippen MR) is 108 cm³/mol. The van der Waals surface area contributed by atoms with E-state index in [2.05, 4.69) is 4.98 Å². The van der Waals surface area contributed by atoms with Crippen LogP contribution in [0.2, 0.25) is 5.02 Å². The maximum Gasteiger partial charge on any atom is 0.266 e. The van der Waals surface area contributed by atoms with Gasteiger partial charge < -0.3 is 0 Å². The highest BCUT2D eigenvalue weighted by atomic mass is 35.5. The van der Waals surface area contributed by atoms with Crippen molar-refractivity contribution in [2.75, 3.05) is 0 Å². The van der Waals surface area contributed by atoms with Gasteiger partial charge in [0.1, 0.15) is 11.6 Å². The first kappa shape index (κ1) is 17.2. The van der Waals surface area contributed by atoms with Gasteiger partial charge in [-0.25, -0.2) is 9.37 Å². The Morgan fingerprint density at radius 2 is 1.59 bits per heavy atom. The van der Waals surface area contributed by atoms with Crippen molar-refractivity contribution in [3.63, 3.8) is 0 Å². The molecule has 0 fully saturated rings. The summed E-state index contributed by atoms with van der Waals surface area (Å²) >= 11 is 5.97. The molecule has 0 N–H and O–H groups in total. The van der Waals surface area contributed by atoms with Crippen LogP contribution in [0.15, 0.2) is 77.6 Å². The summed E-state index contributed by atoms with van der Waals surface area (Å²) in [5.41, 5.74) is 1.44. The van der Waals surface area contributed by atoms with E-state index in [4.69, 9.17) is 11.6 Å². The summed E-state index contributed by atoms with van der Waals surface area (Å²) in [6.45, 7) is 0. The third kappa shape index (κ3) is 3.39. The topological polar surface area (TPSA) is 34.9 Å². The van der Waals surface area contributed by atoms with Gasteiger partial charge in [-0.2, -0.15) is 0 Å². The molecule has 4 rings (SSSR count). The van der Waals surface area contributed by atoms with Crippen LogP contribution in [0.25, 0.3) is 28.7 Å². The van der Waals surface area contributed by atoms with Gasteiger partial charge in [-0.1, -0.05) is 41.9 Å². The second-order valence-electron chi connectivity index (χ2n) is 5.96. The molecule has 1 heterocycles. The van der Waals surface area contributed by atoms with Crippen LogP contribution in [0.4, 0.5) is 4.39 Å². The number of para-hydroxylation sites is 1. The molecule has 0 spiro atoms. The zero-order valence-electron chi connectivity index (χ0n) is 14.1. The molecule has 3 aromatic carbocycles. The third-order valence-corrected chi connectivity index (χ3v) is 4.46. The van der Waals surface area contributed by atoms with Gasteiger partial charge in [-0.3, -0.25) is 9.36 Å². The summed E-state index contributed by atoms with van der Waals surface area (Å²) in [6, 6.07) is 20.5. The molecular weight excluding hydrogens is 363 g/mol. The monoisotopic (exact) mass is 376 g/mol. The molecule has 0 saturated carbocycles. The van der Waals surface area contributed by atoms with Crippen molar-refractivity contribution in [3.8, 4) is 5.69 Å². The molecule has 132 valence electrons. The average molecular weight is 377 g/mol. The molecule has 0 aliphatic carbocycles. The minimum absolute atomic E-state index is 0.198. The second kappa shape index (κ2) is 7.17. The van der Waals surface area contributed by atoms with Crippen molar-refractivity contribution in [1.82, 2.24) is 9.55 Å². The number of hydrogen-bond acceptors (Lipinski definition) is 2. The SMILES string of the molecule is O=c1c2ccccc2nc(/C=C\c2ccccc2F)n1-c1ccc(Cl)cc1. The fourth-order valence-electron chi connectivity index (χ4n) is 2.88. The van der Waals surface area contributed by atoms with Crippen molar-refractivity contribution < 1.29 is 4.39 Å². The van der Waals surface area contributed by atoms with Gasteiger partial charge in [0.25, 0.3) is 5.56 Å². The van der Waals surface area contributed by atoms with Crippen LogP contribution in [-0.4, -0.2) is 9.55 Å². The maximum absolute atomic E-state index is 13.9. The quantitative estimate of drug-likeness (QED) is 0.483. The van der Waals surface area contributed by atoms with E-state index in [1.165, 1.54) is 10.6 Å². The van der Waals surface area contributed by atoms with Gasteiger partial charge in [0.15, 0.2) is 0 Å². The number of hydrogen-bond donors (Lipinski definition) is 0. The van der Waals surface area contributed by atoms with Gasteiger partial charge in [-0.15, -0.1) is 0 Å². The van der Waals surface area contributed by atoms with Crippen LogP contribution < -0.4 is 5.56 Å². The Kier molecular flexibility index (Phi) is 4.57. The highest BCUT2D eigenvalue weighted by Gasteiger charge is 2.11. The summed E-state index contributed by atoms with van der Waals surface area (Å²) < 4.78 is 15.4. The zero-order valence-corrected chi connectivity index (χ0v) is 14.9. The zero-order chi connectivity index (χ0) is 18.8. The Balaban J connectivity index is 1.95. The molecule has 0 bridgehead atoms. The Hall–Kier alpha value is -3.24. The summed E-state index contributed by atoms with van der Waals surface area (Å²) in [5, 5.41) is 1.08. The molecule has 0 aliphatic rings. The van der Waals surface area contributed by atoms with E-state index in [9.17, 15) is 9.18 Å². The molecule has 4 aromatic rings. The van der Waals surface area contributed by atoms with Crippen LogP contribution >= 0.6 is 11.6 Å². The van der Waals surface area contributed by atoms with E-state index in [1.807, 2.05) is 6.07 Å². The third-order valence-electron chi connectivity index (χ3n) is 4.20. The Morgan fingerprint density at radius 3 is 2.37 bits per heavy atom. The highest BCUT2D eigenvalue weighted by Crippen LogP contribution is 2.18. The fourth-order valence-corrected chi connectivity index (χ4v) is 3.00. The minimum Gasteiger partial charge on any atom is -0.268 e. The summed E-state index contributed by atoms with van der Waals surface area (Å²) in [6.07, 6.45) is 3.25. The average Bonchev–Trinajstić information content (AvgIpc) is 2.69. The number of nitrogens with zero attached hydrogens (tertiary/aromatic N) is 2. The molecule has 3 nitrogen and oxygen atoms in total. The number of rotatable bonds is 3. The first-order chi connectivity index (χ1) is 13.1.